The molecule has 0 aliphatic heterocycles. The second kappa shape index (κ2) is 4.83. The van der Waals surface area contributed by atoms with Gasteiger partial charge in [-0.3, -0.25) is 4.79 Å². The van der Waals surface area contributed by atoms with Crippen LogP contribution < -0.4 is 4.90 Å². The summed E-state index contributed by atoms with van der Waals surface area (Å²) in [6, 6.07) is 8.00. The molecule has 0 N–H and O–H groups in total. The van der Waals surface area contributed by atoms with Crippen molar-refractivity contribution in [3.05, 3.63) is 35.9 Å². The van der Waals surface area contributed by atoms with Gasteiger partial charge in [0, 0.05) is 36.0 Å². The molecule has 0 atom stereocenters. The molecule has 0 bridgehead atoms. The van der Waals surface area contributed by atoms with Gasteiger partial charge in [0.25, 0.3) is 9.05 Å². The maximum atomic E-state index is 11.3. The standard InChI is InChI=1S/C13H12ClNO3S/c1-15(2)13-6-3-9-7-10(19(14,17)18)4-5-11(9)12(13)8-16/h3-8H,1-2H3. The summed E-state index contributed by atoms with van der Waals surface area (Å²) < 4.78 is 22.6. The van der Waals surface area contributed by atoms with Gasteiger partial charge in [-0.15, -0.1) is 0 Å². The highest BCUT2D eigenvalue weighted by Gasteiger charge is 2.13. The Balaban J connectivity index is 2.79. The van der Waals surface area contributed by atoms with Crippen molar-refractivity contribution in [3.63, 3.8) is 0 Å². The maximum absolute atomic E-state index is 11.3. The van der Waals surface area contributed by atoms with Crippen molar-refractivity contribution >= 4 is 42.5 Å². The largest absolute Gasteiger partial charge is 0.377 e. The zero-order valence-corrected chi connectivity index (χ0v) is 12.0. The Morgan fingerprint density at radius 1 is 1.16 bits per heavy atom. The number of carbonyl (C=O) groups is 1. The minimum Gasteiger partial charge on any atom is -0.377 e. The van der Waals surface area contributed by atoms with Gasteiger partial charge in [-0.25, -0.2) is 8.42 Å². The van der Waals surface area contributed by atoms with Gasteiger partial charge in [0.2, 0.25) is 0 Å². The minimum absolute atomic E-state index is 0.0242. The van der Waals surface area contributed by atoms with E-state index in [9.17, 15) is 13.2 Å². The summed E-state index contributed by atoms with van der Waals surface area (Å²) in [4.78, 5) is 13.1. The average Bonchev–Trinajstić information content (AvgIpc) is 2.35. The van der Waals surface area contributed by atoms with Crippen LogP contribution in [0.1, 0.15) is 10.4 Å². The van der Waals surface area contributed by atoms with E-state index in [2.05, 4.69) is 0 Å². The number of aldehydes is 1. The van der Waals surface area contributed by atoms with Crippen molar-refractivity contribution in [2.75, 3.05) is 19.0 Å². The smallest absolute Gasteiger partial charge is 0.261 e. The highest BCUT2D eigenvalue weighted by molar-refractivity contribution is 8.13. The number of hydrogen-bond acceptors (Lipinski definition) is 4. The summed E-state index contributed by atoms with van der Waals surface area (Å²) in [7, 11) is 5.22. The number of halogens is 1. The normalized spacial score (nSPS) is 11.5. The summed E-state index contributed by atoms with van der Waals surface area (Å²) in [6.07, 6.45) is 0.770. The van der Waals surface area contributed by atoms with Gasteiger partial charge in [0.1, 0.15) is 0 Å². The first-order chi connectivity index (χ1) is 8.84. The number of fused-ring (bicyclic) bond motifs is 1. The summed E-state index contributed by atoms with van der Waals surface area (Å²) >= 11 is 0. The predicted octanol–water partition coefficient (Wildman–Crippen LogP) is 2.65. The molecule has 0 aromatic heterocycles. The fraction of sp³-hybridized carbons (Fsp3) is 0.154. The number of anilines is 1. The lowest BCUT2D eigenvalue weighted by molar-refractivity contribution is 0.112. The molecule has 2 aromatic carbocycles. The van der Waals surface area contributed by atoms with E-state index in [4.69, 9.17) is 10.7 Å². The van der Waals surface area contributed by atoms with Crippen molar-refractivity contribution in [1.82, 2.24) is 0 Å². The van der Waals surface area contributed by atoms with Crippen LogP contribution in [0.25, 0.3) is 10.8 Å². The van der Waals surface area contributed by atoms with Gasteiger partial charge in [-0.05, 0) is 29.0 Å². The second-order valence-corrected chi connectivity index (χ2v) is 6.90. The molecule has 0 aliphatic carbocycles. The van der Waals surface area contributed by atoms with Gasteiger partial charge < -0.3 is 4.90 Å². The van der Waals surface area contributed by atoms with Crippen LogP contribution in [-0.4, -0.2) is 28.8 Å². The van der Waals surface area contributed by atoms with Crippen LogP contribution in [0.3, 0.4) is 0 Å². The highest BCUT2D eigenvalue weighted by Crippen LogP contribution is 2.29. The molecule has 19 heavy (non-hydrogen) atoms. The van der Waals surface area contributed by atoms with Crippen molar-refractivity contribution < 1.29 is 13.2 Å². The third-order valence-corrected chi connectivity index (χ3v) is 4.24. The Bertz CT molecular complexity index is 754. The van der Waals surface area contributed by atoms with E-state index in [1.54, 1.807) is 18.2 Å². The van der Waals surface area contributed by atoms with Gasteiger partial charge in [-0.2, -0.15) is 0 Å². The fourth-order valence-electron chi connectivity index (χ4n) is 1.99. The topological polar surface area (TPSA) is 54.5 Å². The van der Waals surface area contributed by atoms with E-state index in [1.807, 2.05) is 19.0 Å². The Kier molecular flexibility index (Phi) is 3.52. The van der Waals surface area contributed by atoms with Crippen LogP contribution in [0.5, 0.6) is 0 Å². The molecule has 0 unspecified atom stereocenters. The molecule has 0 heterocycles. The number of benzene rings is 2. The van der Waals surface area contributed by atoms with Gasteiger partial charge in [-0.1, -0.05) is 12.1 Å². The minimum atomic E-state index is -3.77. The molecule has 6 heteroatoms. The number of nitrogens with zero attached hydrogens (tertiary/aromatic N) is 1. The lowest BCUT2D eigenvalue weighted by Crippen LogP contribution is -2.11. The van der Waals surface area contributed by atoms with Crippen LogP contribution in [0, 0.1) is 0 Å². The third-order valence-electron chi connectivity index (χ3n) is 2.89. The summed E-state index contributed by atoms with van der Waals surface area (Å²) in [5.74, 6) is 0. The van der Waals surface area contributed by atoms with E-state index >= 15 is 0 Å². The average molecular weight is 298 g/mol. The zero-order valence-electron chi connectivity index (χ0n) is 10.4. The lowest BCUT2D eigenvalue weighted by atomic mass is 10.0. The van der Waals surface area contributed by atoms with Gasteiger partial charge in [0.05, 0.1) is 4.90 Å². The molecule has 0 radical (unpaired) electrons. The molecule has 4 nitrogen and oxygen atoms in total. The molecule has 2 aromatic rings. The Morgan fingerprint density at radius 2 is 1.84 bits per heavy atom. The zero-order chi connectivity index (χ0) is 14.2. The van der Waals surface area contributed by atoms with E-state index in [0.29, 0.717) is 16.3 Å². The number of carbonyl (C=O) groups excluding carboxylic acids is 1. The van der Waals surface area contributed by atoms with E-state index in [1.165, 1.54) is 12.1 Å². The van der Waals surface area contributed by atoms with Crippen LogP contribution in [0.2, 0.25) is 0 Å². The molecular weight excluding hydrogens is 286 g/mol. The van der Waals surface area contributed by atoms with Crippen molar-refractivity contribution in [3.8, 4) is 0 Å². The summed E-state index contributed by atoms with van der Waals surface area (Å²) in [5.41, 5.74) is 1.31. The predicted molar refractivity (Wildman–Crippen MR) is 76.7 cm³/mol. The monoisotopic (exact) mass is 297 g/mol. The van der Waals surface area contributed by atoms with Gasteiger partial charge >= 0.3 is 0 Å². The number of rotatable bonds is 3. The highest BCUT2D eigenvalue weighted by atomic mass is 35.7. The maximum Gasteiger partial charge on any atom is 0.261 e. The first-order valence-electron chi connectivity index (χ1n) is 5.48. The van der Waals surface area contributed by atoms with Crippen LogP contribution in [0.4, 0.5) is 5.69 Å². The quantitative estimate of drug-likeness (QED) is 0.645. The van der Waals surface area contributed by atoms with E-state index in [0.717, 1.165) is 12.0 Å². The second-order valence-electron chi connectivity index (χ2n) is 4.33. The van der Waals surface area contributed by atoms with Crippen molar-refractivity contribution in [2.24, 2.45) is 0 Å². The molecule has 0 fully saturated rings. The Labute approximate surface area is 116 Å². The van der Waals surface area contributed by atoms with Crippen LogP contribution >= 0.6 is 10.7 Å². The van der Waals surface area contributed by atoms with E-state index < -0.39 is 9.05 Å². The number of hydrogen-bond donors (Lipinski definition) is 0. The summed E-state index contributed by atoms with van der Waals surface area (Å²) in [6.45, 7) is 0. The van der Waals surface area contributed by atoms with E-state index in [-0.39, 0.29) is 4.90 Å². The van der Waals surface area contributed by atoms with Crippen molar-refractivity contribution in [1.29, 1.82) is 0 Å². The SMILES string of the molecule is CN(C)c1ccc2cc(S(=O)(=O)Cl)ccc2c1C=O. The first-order valence-corrected chi connectivity index (χ1v) is 7.79. The molecule has 0 saturated carbocycles. The molecule has 0 spiro atoms. The first kappa shape index (κ1) is 13.8. The summed E-state index contributed by atoms with van der Waals surface area (Å²) in [5, 5.41) is 1.36. The third kappa shape index (κ3) is 2.57. The molecule has 0 saturated heterocycles. The Morgan fingerprint density at radius 3 is 2.37 bits per heavy atom. The van der Waals surface area contributed by atoms with Crippen LogP contribution in [0.15, 0.2) is 35.2 Å². The Hall–Kier alpha value is -1.59. The van der Waals surface area contributed by atoms with Crippen molar-refractivity contribution in [2.45, 2.75) is 4.90 Å². The van der Waals surface area contributed by atoms with Crippen LogP contribution in [-0.2, 0) is 9.05 Å². The lowest BCUT2D eigenvalue weighted by Gasteiger charge is -2.16. The molecular formula is C13H12ClNO3S. The molecule has 0 amide bonds. The van der Waals surface area contributed by atoms with Gasteiger partial charge in [0.15, 0.2) is 6.29 Å². The fourth-order valence-corrected chi connectivity index (χ4v) is 2.77. The molecule has 0 aliphatic rings. The molecule has 100 valence electrons. The molecule has 2 rings (SSSR count).